The van der Waals surface area contributed by atoms with E-state index in [1.54, 1.807) is 0 Å². The van der Waals surface area contributed by atoms with Gasteiger partial charge >= 0.3 is 65.1 Å². The minimum absolute atomic E-state index is 0. The second-order valence-corrected chi connectivity index (χ2v) is 1.99. The molecule has 0 bridgehead atoms. The molecule has 2 N–H and O–H groups in total. The van der Waals surface area contributed by atoms with Gasteiger partial charge in [-0.25, -0.2) is 0 Å². The summed E-state index contributed by atoms with van der Waals surface area (Å²) in [5.41, 5.74) is 0. The molecule has 0 aromatic rings. The van der Waals surface area contributed by atoms with Crippen molar-refractivity contribution >= 4 is 65.1 Å². The van der Waals surface area contributed by atoms with Crippen molar-refractivity contribution in [3.05, 3.63) is 0 Å². The Labute approximate surface area is 105 Å². The maximum absolute atomic E-state index is 10.1. The summed E-state index contributed by atoms with van der Waals surface area (Å²) in [7, 11) is 0. The van der Waals surface area contributed by atoms with Gasteiger partial charge in [0.05, 0.1) is 0 Å². The van der Waals surface area contributed by atoms with Gasteiger partial charge < -0.3 is 10.4 Å². The Morgan fingerprint density at radius 3 is 2.30 bits per heavy atom. The Hall–Kier alpha value is 1.43. The molecule has 1 rings (SSSR count). The third-order valence-corrected chi connectivity index (χ3v) is 1.36. The van der Waals surface area contributed by atoms with Gasteiger partial charge in [0.1, 0.15) is 6.04 Å². The van der Waals surface area contributed by atoms with Crippen LogP contribution in [0, 0.1) is 0 Å². The predicted molar refractivity (Wildman–Crippen MR) is 43.0 cm³/mol. The molecule has 50 valence electrons. The Bertz CT molecular complexity index is 104. The molecule has 1 aliphatic heterocycles. The van der Waals surface area contributed by atoms with Gasteiger partial charge in [-0.2, -0.15) is 0 Å². The number of hydrogen-bond acceptors (Lipinski definition) is 2. The molecule has 0 unspecified atom stereocenters. The molecular weight excluding hydrogens is 152 g/mol. The van der Waals surface area contributed by atoms with E-state index in [0.717, 1.165) is 19.4 Å². The first-order valence-corrected chi connectivity index (χ1v) is 2.77. The SMILES string of the molecule is O=C(O)[C@@H]1CCCN1.[NaH].[NaH]. The Morgan fingerprint density at radius 1 is 1.50 bits per heavy atom. The van der Waals surface area contributed by atoms with E-state index in [4.69, 9.17) is 5.11 Å². The molecule has 1 atom stereocenters. The average molecular weight is 163 g/mol. The van der Waals surface area contributed by atoms with E-state index in [9.17, 15) is 4.79 Å². The fourth-order valence-corrected chi connectivity index (χ4v) is 0.895. The van der Waals surface area contributed by atoms with E-state index in [1.165, 1.54) is 0 Å². The first-order valence-electron chi connectivity index (χ1n) is 2.77. The molecule has 0 radical (unpaired) electrons. The van der Waals surface area contributed by atoms with Crippen LogP contribution in [0.15, 0.2) is 0 Å². The summed E-state index contributed by atoms with van der Waals surface area (Å²) in [6.07, 6.45) is 1.78. The van der Waals surface area contributed by atoms with Crippen LogP contribution in [0.1, 0.15) is 12.8 Å². The predicted octanol–water partition coefficient (Wildman–Crippen LogP) is -1.47. The molecule has 1 heterocycles. The van der Waals surface area contributed by atoms with E-state index in [2.05, 4.69) is 5.32 Å². The van der Waals surface area contributed by atoms with E-state index >= 15 is 0 Å². The van der Waals surface area contributed by atoms with Gasteiger partial charge in [-0.05, 0) is 19.4 Å². The summed E-state index contributed by atoms with van der Waals surface area (Å²) in [6.45, 7) is 0.858. The third kappa shape index (κ3) is 4.34. The molecule has 5 heteroatoms. The number of carboxylic acids is 1. The van der Waals surface area contributed by atoms with Gasteiger partial charge in [-0.3, -0.25) is 4.79 Å². The zero-order valence-corrected chi connectivity index (χ0v) is 4.55. The number of rotatable bonds is 1. The molecule has 0 aromatic carbocycles. The number of carboxylic acid groups (broad SMARTS) is 1. The third-order valence-electron chi connectivity index (χ3n) is 1.36. The van der Waals surface area contributed by atoms with Crippen molar-refractivity contribution in [3.8, 4) is 0 Å². The van der Waals surface area contributed by atoms with Crippen molar-refractivity contribution < 1.29 is 9.90 Å². The molecule has 3 nitrogen and oxygen atoms in total. The van der Waals surface area contributed by atoms with Crippen LogP contribution in [0.5, 0.6) is 0 Å². The van der Waals surface area contributed by atoms with Crippen molar-refractivity contribution in [2.24, 2.45) is 0 Å². The molecule has 0 spiro atoms. The van der Waals surface area contributed by atoms with Gasteiger partial charge in [-0.1, -0.05) is 0 Å². The molecular formula is C5H11NNa2O2. The summed E-state index contributed by atoms with van der Waals surface area (Å²) >= 11 is 0. The minimum atomic E-state index is -0.720. The summed E-state index contributed by atoms with van der Waals surface area (Å²) in [4.78, 5) is 10.1. The Morgan fingerprint density at radius 2 is 2.10 bits per heavy atom. The summed E-state index contributed by atoms with van der Waals surface area (Å²) < 4.78 is 0. The van der Waals surface area contributed by atoms with Gasteiger partial charge in [0, 0.05) is 0 Å². The van der Waals surface area contributed by atoms with Crippen LogP contribution in [-0.2, 0) is 4.79 Å². The van der Waals surface area contributed by atoms with E-state index in [0.29, 0.717) is 0 Å². The molecule has 10 heavy (non-hydrogen) atoms. The maximum atomic E-state index is 10.1. The zero-order chi connectivity index (χ0) is 5.98. The standard InChI is InChI=1S/C5H9NO2.2Na.2H/c7-5(8)4-2-1-3-6-4;;;;/h4,6H,1-3H2,(H,7,8);;;;/t4-;;;;/m0..../s1. The molecule has 1 fully saturated rings. The van der Waals surface area contributed by atoms with Gasteiger partial charge in [0.2, 0.25) is 0 Å². The summed E-state index contributed by atoms with van der Waals surface area (Å²) in [5, 5.41) is 11.2. The molecule has 0 aliphatic carbocycles. The topological polar surface area (TPSA) is 49.3 Å². The van der Waals surface area contributed by atoms with Crippen LogP contribution in [0.4, 0.5) is 0 Å². The monoisotopic (exact) mass is 163 g/mol. The van der Waals surface area contributed by atoms with E-state index < -0.39 is 5.97 Å². The molecule has 0 aromatic heterocycles. The van der Waals surface area contributed by atoms with Crippen molar-refractivity contribution in [2.75, 3.05) is 6.54 Å². The Kier molecular flexibility index (Phi) is 9.93. The quantitative estimate of drug-likeness (QED) is 0.464. The van der Waals surface area contributed by atoms with Gasteiger partial charge in [0.25, 0.3) is 0 Å². The number of aliphatic carboxylic acids is 1. The van der Waals surface area contributed by atoms with Gasteiger partial charge in [0.15, 0.2) is 0 Å². The molecule has 1 saturated heterocycles. The second-order valence-electron chi connectivity index (χ2n) is 1.99. The second kappa shape index (κ2) is 7.10. The van der Waals surface area contributed by atoms with E-state index in [1.807, 2.05) is 0 Å². The van der Waals surface area contributed by atoms with Crippen molar-refractivity contribution in [3.63, 3.8) is 0 Å². The van der Waals surface area contributed by atoms with Crippen molar-refractivity contribution in [1.82, 2.24) is 5.32 Å². The number of hydrogen-bond donors (Lipinski definition) is 2. The summed E-state index contributed by atoms with van der Waals surface area (Å²) in [5.74, 6) is -0.720. The molecule has 0 saturated carbocycles. The van der Waals surface area contributed by atoms with Crippen LogP contribution < -0.4 is 5.32 Å². The summed E-state index contributed by atoms with van der Waals surface area (Å²) in [6, 6.07) is -0.269. The van der Waals surface area contributed by atoms with Crippen LogP contribution in [0.25, 0.3) is 0 Å². The van der Waals surface area contributed by atoms with E-state index in [-0.39, 0.29) is 65.2 Å². The number of carbonyl (C=O) groups is 1. The van der Waals surface area contributed by atoms with Crippen LogP contribution in [0.3, 0.4) is 0 Å². The first-order chi connectivity index (χ1) is 3.80. The number of nitrogens with one attached hydrogen (secondary N) is 1. The zero-order valence-electron chi connectivity index (χ0n) is 4.55. The van der Waals surface area contributed by atoms with Crippen LogP contribution in [0.2, 0.25) is 0 Å². The van der Waals surface area contributed by atoms with Gasteiger partial charge in [-0.15, -0.1) is 0 Å². The average Bonchev–Trinajstić information content (AvgIpc) is 2.12. The van der Waals surface area contributed by atoms with Crippen LogP contribution in [-0.4, -0.2) is 82.8 Å². The fraction of sp³-hybridized carbons (Fsp3) is 0.800. The van der Waals surface area contributed by atoms with Crippen molar-refractivity contribution in [2.45, 2.75) is 18.9 Å². The molecule has 0 amide bonds. The Balaban J connectivity index is 0. The first kappa shape index (κ1) is 14.0. The normalized spacial score (nSPS) is 22.6. The molecule has 1 aliphatic rings. The fourth-order valence-electron chi connectivity index (χ4n) is 0.895. The van der Waals surface area contributed by atoms with Crippen LogP contribution >= 0.6 is 0 Å². The van der Waals surface area contributed by atoms with Crippen molar-refractivity contribution in [1.29, 1.82) is 0 Å².